The molecule has 0 bridgehead atoms. The van der Waals surface area contributed by atoms with Gasteiger partial charge in [-0.3, -0.25) is 14.5 Å². The third-order valence-corrected chi connectivity index (χ3v) is 5.50. The van der Waals surface area contributed by atoms with E-state index in [4.69, 9.17) is 0 Å². The SMILES string of the molecule is O=C1C[C@]2(CCc3ccccc32)C(=O)N1Cc1cn2ccccc2n1. The minimum atomic E-state index is -0.660. The molecule has 5 nitrogen and oxygen atoms in total. The molecule has 1 atom stereocenters. The first-order valence-electron chi connectivity index (χ1n) is 8.53. The highest BCUT2D eigenvalue weighted by atomic mass is 16.2. The number of likely N-dealkylation sites (tertiary alicyclic amines) is 1. The second kappa shape index (κ2) is 5.02. The summed E-state index contributed by atoms with van der Waals surface area (Å²) < 4.78 is 1.90. The van der Waals surface area contributed by atoms with E-state index in [-0.39, 0.29) is 24.8 Å². The first-order valence-corrected chi connectivity index (χ1v) is 8.53. The summed E-state index contributed by atoms with van der Waals surface area (Å²) in [6.45, 7) is 0.239. The number of carbonyl (C=O) groups excluding carboxylic acids is 2. The zero-order valence-corrected chi connectivity index (χ0v) is 13.7. The van der Waals surface area contributed by atoms with Gasteiger partial charge in [-0.15, -0.1) is 0 Å². The summed E-state index contributed by atoms with van der Waals surface area (Å²) in [6, 6.07) is 13.8. The molecule has 2 aliphatic rings. The predicted octanol–water partition coefficient (Wildman–Crippen LogP) is 2.48. The number of hydrogen-bond acceptors (Lipinski definition) is 3. The summed E-state index contributed by atoms with van der Waals surface area (Å²) in [5.41, 5.74) is 3.12. The number of benzene rings is 1. The van der Waals surface area contributed by atoms with Crippen molar-refractivity contribution < 1.29 is 9.59 Å². The molecule has 3 aromatic rings. The zero-order chi connectivity index (χ0) is 17.0. The third-order valence-electron chi connectivity index (χ3n) is 5.50. The molecular weight excluding hydrogens is 314 g/mol. The Bertz CT molecular complexity index is 989. The average Bonchev–Trinajstić information content (AvgIpc) is 3.27. The van der Waals surface area contributed by atoms with E-state index < -0.39 is 5.41 Å². The molecule has 0 saturated carbocycles. The Hall–Kier alpha value is -2.95. The molecule has 5 heteroatoms. The van der Waals surface area contributed by atoms with Crippen molar-refractivity contribution in [1.29, 1.82) is 0 Å². The Labute approximate surface area is 144 Å². The lowest BCUT2D eigenvalue weighted by atomic mass is 9.80. The van der Waals surface area contributed by atoms with Gasteiger partial charge in [0.1, 0.15) is 5.65 Å². The quantitative estimate of drug-likeness (QED) is 0.678. The van der Waals surface area contributed by atoms with Gasteiger partial charge in [-0.2, -0.15) is 0 Å². The fourth-order valence-electron chi connectivity index (χ4n) is 4.28. The van der Waals surface area contributed by atoms with Gasteiger partial charge < -0.3 is 4.40 Å². The average molecular weight is 331 g/mol. The number of fused-ring (bicyclic) bond motifs is 3. The minimum Gasteiger partial charge on any atom is -0.307 e. The maximum absolute atomic E-state index is 13.2. The molecule has 1 spiro atoms. The molecular formula is C20H17N3O2. The summed E-state index contributed by atoms with van der Waals surface area (Å²) in [5.74, 6) is -0.168. The number of aromatic nitrogens is 2. The number of hydrogen-bond donors (Lipinski definition) is 0. The molecule has 1 aliphatic carbocycles. The summed E-state index contributed by atoms with van der Waals surface area (Å²) in [5, 5.41) is 0. The minimum absolute atomic E-state index is 0.0699. The Morgan fingerprint density at radius 1 is 1.08 bits per heavy atom. The summed E-state index contributed by atoms with van der Waals surface area (Å²) in [6.07, 6.45) is 5.64. The van der Waals surface area contributed by atoms with Crippen molar-refractivity contribution >= 4 is 17.5 Å². The molecule has 1 saturated heterocycles. The van der Waals surface area contributed by atoms with E-state index in [1.807, 2.05) is 53.2 Å². The van der Waals surface area contributed by atoms with Gasteiger partial charge in [0.25, 0.3) is 0 Å². The van der Waals surface area contributed by atoms with Crippen molar-refractivity contribution in [2.24, 2.45) is 0 Å². The van der Waals surface area contributed by atoms with Gasteiger partial charge in [-0.05, 0) is 36.1 Å². The molecule has 5 rings (SSSR count). The first-order chi connectivity index (χ1) is 12.2. The Balaban J connectivity index is 1.49. The number of carbonyl (C=O) groups is 2. The highest BCUT2D eigenvalue weighted by Gasteiger charge is 2.55. The zero-order valence-electron chi connectivity index (χ0n) is 13.7. The van der Waals surface area contributed by atoms with Gasteiger partial charge in [0.2, 0.25) is 11.8 Å². The number of imide groups is 1. The summed E-state index contributed by atoms with van der Waals surface area (Å²) in [4.78, 5) is 31.8. The van der Waals surface area contributed by atoms with Crippen LogP contribution < -0.4 is 0 Å². The Kier molecular flexibility index (Phi) is 2.89. The van der Waals surface area contributed by atoms with E-state index >= 15 is 0 Å². The van der Waals surface area contributed by atoms with Crippen molar-refractivity contribution in [2.75, 3.05) is 0 Å². The number of amides is 2. The van der Waals surface area contributed by atoms with Gasteiger partial charge >= 0.3 is 0 Å². The molecule has 2 aromatic heterocycles. The third kappa shape index (κ3) is 1.98. The van der Waals surface area contributed by atoms with Crippen LogP contribution in [0.2, 0.25) is 0 Å². The van der Waals surface area contributed by atoms with Crippen LogP contribution in [0.4, 0.5) is 0 Å². The number of nitrogens with zero attached hydrogens (tertiary/aromatic N) is 3. The van der Waals surface area contributed by atoms with Crippen molar-refractivity contribution in [3.8, 4) is 0 Å². The number of aryl methyl sites for hydroxylation is 1. The topological polar surface area (TPSA) is 54.7 Å². The maximum Gasteiger partial charge on any atom is 0.240 e. The lowest BCUT2D eigenvalue weighted by molar-refractivity contribution is -0.140. The predicted molar refractivity (Wildman–Crippen MR) is 91.8 cm³/mol. The van der Waals surface area contributed by atoms with Crippen LogP contribution in [-0.2, 0) is 28.0 Å². The molecule has 3 heterocycles. The second-order valence-corrected chi connectivity index (χ2v) is 6.90. The lowest BCUT2D eigenvalue weighted by Gasteiger charge is -2.22. The molecule has 1 aromatic carbocycles. The molecule has 1 fully saturated rings. The van der Waals surface area contributed by atoms with Crippen LogP contribution in [-0.4, -0.2) is 26.1 Å². The summed E-state index contributed by atoms with van der Waals surface area (Å²) >= 11 is 0. The Morgan fingerprint density at radius 2 is 1.92 bits per heavy atom. The van der Waals surface area contributed by atoms with Crippen LogP contribution in [0.3, 0.4) is 0 Å². The van der Waals surface area contributed by atoms with Crippen molar-refractivity contribution in [3.05, 3.63) is 71.7 Å². The van der Waals surface area contributed by atoms with Gasteiger partial charge in [0.05, 0.1) is 17.7 Å². The van der Waals surface area contributed by atoms with E-state index in [0.29, 0.717) is 0 Å². The fraction of sp³-hybridized carbons (Fsp3) is 0.250. The van der Waals surface area contributed by atoms with Gasteiger partial charge in [0.15, 0.2) is 0 Å². The number of rotatable bonds is 2. The van der Waals surface area contributed by atoms with E-state index in [0.717, 1.165) is 29.7 Å². The maximum atomic E-state index is 13.2. The van der Waals surface area contributed by atoms with Gasteiger partial charge in [-0.1, -0.05) is 30.3 Å². The highest BCUT2D eigenvalue weighted by Crippen LogP contribution is 2.47. The number of imidazole rings is 1. The van der Waals surface area contributed by atoms with Crippen LogP contribution in [0.5, 0.6) is 0 Å². The molecule has 2 amide bonds. The van der Waals surface area contributed by atoms with Crippen LogP contribution >= 0.6 is 0 Å². The van der Waals surface area contributed by atoms with Crippen LogP contribution in [0.1, 0.15) is 29.7 Å². The largest absolute Gasteiger partial charge is 0.307 e. The second-order valence-electron chi connectivity index (χ2n) is 6.90. The van der Waals surface area contributed by atoms with Crippen molar-refractivity contribution in [1.82, 2.24) is 14.3 Å². The molecule has 124 valence electrons. The first kappa shape index (κ1) is 14.4. The molecule has 0 radical (unpaired) electrons. The van der Waals surface area contributed by atoms with Crippen LogP contribution in [0, 0.1) is 0 Å². The molecule has 0 N–H and O–H groups in total. The normalized spacial score (nSPS) is 22.3. The smallest absolute Gasteiger partial charge is 0.240 e. The van der Waals surface area contributed by atoms with Gasteiger partial charge in [-0.25, -0.2) is 4.98 Å². The van der Waals surface area contributed by atoms with Crippen molar-refractivity contribution in [3.63, 3.8) is 0 Å². The van der Waals surface area contributed by atoms with E-state index in [2.05, 4.69) is 11.1 Å². The van der Waals surface area contributed by atoms with E-state index in [9.17, 15) is 9.59 Å². The summed E-state index contributed by atoms with van der Waals surface area (Å²) in [7, 11) is 0. The fourth-order valence-corrected chi connectivity index (χ4v) is 4.28. The van der Waals surface area contributed by atoms with Crippen LogP contribution in [0.25, 0.3) is 5.65 Å². The highest BCUT2D eigenvalue weighted by molar-refractivity contribution is 6.09. The van der Waals surface area contributed by atoms with Crippen LogP contribution in [0.15, 0.2) is 54.9 Å². The lowest BCUT2D eigenvalue weighted by Crippen LogP contribution is -2.36. The monoisotopic (exact) mass is 331 g/mol. The molecule has 1 aliphatic heterocycles. The van der Waals surface area contributed by atoms with E-state index in [1.165, 1.54) is 10.5 Å². The standard InChI is InChI=1S/C20H17N3O2/c24-18-11-20(9-8-14-5-1-2-6-16(14)20)19(25)23(18)13-15-12-22-10-4-3-7-17(22)21-15/h1-7,10,12H,8-9,11,13H2/t20-/m0/s1. The van der Waals surface area contributed by atoms with Gasteiger partial charge in [0, 0.05) is 18.8 Å². The molecule has 25 heavy (non-hydrogen) atoms. The molecule has 0 unspecified atom stereocenters. The van der Waals surface area contributed by atoms with E-state index in [1.54, 1.807) is 0 Å². The Morgan fingerprint density at radius 3 is 2.80 bits per heavy atom. The van der Waals surface area contributed by atoms with Crippen molar-refractivity contribution in [2.45, 2.75) is 31.2 Å². The number of pyridine rings is 1.